The summed E-state index contributed by atoms with van der Waals surface area (Å²) < 4.78 is 30.7. The molecule has 3 aliphatic heterocycles. The van der Waals surface area contributed by atoms with E-state index in [1.54, 1.807) is 47.4 Å². The number of hydrogen-bond donors (Lipinski definition) is 1. The number of halogens is 1. The summed E-state index contributed by atoms with van der Waals surface area (Å²) in [5.41, 5.74) is 0.944. The fraction of sp³-hybridized carbons (Fsp3) is 0.393. The fourth-order valence-electron chi connectivity index (χ4n) is 6.19. The third-order valence-electron chi connectivity index (χ3n) is 8.07. The Labute approximate surface area is 231 Å². The van der Waals surface area contributed by atoms with Crippen LogP contribution in [0.3, 0.4) is 0 Å². The number of aromatic nitrogens is 1. The van der Waals surface area contributed by atoms with Crippen molar-refractivity contribution in [3.8, 4) is 0 Å². The van der Waals surface area contributed by atoms with Gasteiger partial charge in [-0.2, -0.15) is 4.72 Å². The fourth-order valence-corrected chi connectivity index (χ4v) is 7.63. The molecule has 2 saturated heterocycles. The van der Waals surface area contributed by atoms with Crippen molar-refractivity contribution in [3.05, 3.63) is 75.7 Å². The van der Waals surface area contributed by atoms with E-state index in [-0.39, 0.29) is 40.6 Å². The molecule has 3 atom stereocenters. The van der Waals surface area contributed by atoms with Gasteiger partial charge in [0.2, 0.25) is 21.8 Å². The number of nitrogens with zero attached hydrogens (tertiary/aromatic N) is 3. The van der Waals surface area contributed by atoms with Crippen molar-refractivity contribution in [1.29, 1.82) is 0 Å². The number of rotatable bonds is 5. The van der Waals surface area contributed by atoms with E-state index in [2.05, 4.69) is 4.72 Å². The zero-order valence-electron chi connectivity index (χ0n) is 21.3. The number of likely N-dealkylation sites (tertiary alicyclic amines) is 2. The van der Waals surface area contributed by atoms with Crippen LogP contribution < -0.4 is 10.3 Å². The van der Waals surface area contributed by atoms with Crippen LogP contribution in [0.4, 0.5) is 0 Å². The predicted octanol–water partition coefficient (Wildman–Crippen LogP) is 2.57. The van der Waals surface area contributed by atoms with Gasteiger partial charge in [-0.15, -0.1) is 0 Å². The Morgan fingerprint density at radius 2 is 1.79 bits per heavy atom. The molecule has 0 saturated carbocycles. The number of amides is 2. The second-order valence-electron chi connectivity index (χ2n) is 10.7. The Morgan fingerprint density at radius 3 is 2.64 bits per heavy atom. The molecule has 39 heavy (non-hydrogen) atoms. The third-order valence-corrected chi connectivity index (χ3v) is 9.78. The number of fused-ring (bicyclic) bond motifs is 5. The van der Waals surface area contributed by atoms with Crippen LogP contribution in [0.15, 0.2) is 64.3 Å². The highest BCUT2D eigenvalue weighted by molar-refractivity contribution is 7.89. The maximum atomic E-state index is 13.3. The van der Waals surface area contributed by atoms with Gasteiger partial charge in [0.1, 0.15) is 6.04 Å². The SMILES string of the molecule is O=C(CN1CCC[C@H](NS(=O)(=O)c2ccc3cc(Cl)ccc3c2)C1=O)N1C[C@@H]2C[C@@H](C1)c1cccc(=O)n1C2. The van der Waals surface area contributed by atoms with Gasteiger partial charge in [-0.3, -0.25) is 14.4 Å². The molecule has 2 bridgehead atoms. The van der Waals surface area contributed by atoms with Crippen molar-refractivity contribution >= 4 is 44.2 Å². The largest absolute Gasteiger partial charge is 0.340 e. The molecule has 0 spiro atoms. The molecule has 9 nitrogen and oxygen atoms in total. The highest BCUT2D eigenvalue weighted by Crippen LogP contribution is 2.35. The molecule has 0 radical (unpaired) electrons. The van der Waals surface area contributed by atoms with Crippen molar-refractivity contribution in [2.24, 2.45) is 5.92 Å². The first-order valence-corrected chi connectivity index (χ1v) is 15.0. The normalized spacial score (nSPS) is 23.1. The van der Waals surface area contributed by atoms with Crippen LogP contribution in [0, 0.1) is 5.92 Å². The number of carbonyl (C=O) groups is 2. The van der Waals surface area contributed by atoms with Crippen LogP contribution in [-0.2, 0) is 26.2 Å². The molecule has 11 heteroatoms. The zero-order chi connectivity index (χ0) is 27.3. The lowest BCUT2D eigenvalue weighted by atomic mass is 9.83. The molecule has 1 N–H and O–H groups in total. The summed E-state index contributed by atoms with van der Waals surface area (Å²) in [5, 5.41) is 2.10. The summed E-state index contributed by atoms with van der Waals surface area (Å²) in [6.45, 7) is 1.95. The molecule has 4 heterocycles. The van der Waals surface area contributed by atoms with Crippen LogP contribution in [0.25, 0.3) is 10.8 Å². The molecular weight excluding hydrogens is 540 g/mol. The average Bonchev–Trinajstić information content (AvgIpc) is 2.91. The Hall–Kier alpha value is -3.21. The van der Waals surface area contributed by atoms with Gasteiger partial charge in [0.25, 0.3) is 5.56 Å². The number of nitrogens with one attached hydrogen (secondary N) is 1. The van der Waals surface area contributed by atoms with Crippen molar-refractivity contribution in [3.63, 3.8) is 0 Å². The summed E-state index contributed by atoms with van der Waals surface area (Å²) >= 11 is 6.03. The molecule has 3 aromatic rings. The molecule has 3 aliphatic rings. The Balaban J connectivity index is 1.13. The van der Waals surface area contributed by atoms with Crippen LogP contribution in [0.2, 0.25) is 5.02 Å². The Morgan fingerprint density at radius 1 is 1.00 bits per heavy atom. The van der Waals surface area contributed by atoms with E-state index in [1.807, 2.05) is 10.6 Å². The Kier molecular flexibility index (Phi) is 6.73. The zero-order valence-corrected chi connectivity index (χ0v) is 22.8. The molecule has 0 unspecified atom stereocenters. The van der Waals surface area contributed by atoms with Gasteiger partial charge in [0, 0.05) is 48.9 Å². The van der Waals surface area contributed by atoms with Crippen molar-refractivity contribution in [2.75, 3.05) is 26.2 Å². The maximum Gasteiger partial charge on any atom is 0.250 e. The summed E-state index contributed by atoms with van der Waals surface area (Å²) in [7, 11) is -3.96. The van der Waals surface area contributed by atoms with E-state index >= 15 is 0 Å². The van der Waals surface area contributed by atoms with Gasteiger partial charge < -0.3 is 14.4 Å². The molecule has 2 aromatic carbocycles. The van der Waals surface area contributed by atoms with Gasteiger partial charge in [0.15, 0.2) is 0 Å². The first kappa shape index (κ1) is 26.0. The molecule has 6 rings (SSSR count). The molecule has 0 aliphatic carbocycles. The average molecular weight is 569 g/mol. The third kappa shape index (κ3) is 5.08. The number of benzene rings is 2. The lowest BCUT2D eigenvalue weighted by molar-refractivity contribution is -0.144. The van der Waals surface area contributed by atoms with Crippen molar-refractivity contribution in [2.45, 2.75) is 42.7 Å². The topological polar surface area (TPSA) is 109 Å². The monoisotopic (exact) mass is 568 g/mol. The van der Waals surface area contributed by atoms with Gasteiger partial charge in [-0.25, -0.2) is 8.42 Å². The van der Waals surface area contributed by atoms with Gasteiger partial charge in [-0.1, -0.05) is 29.8 Å². The van der Waals surface area contributed by atoms with Crippen LogP contribution >= 0.6 is 11.6 Å². The summed E-state index contributed by atoms with van der Waals surface area (Å²) in [6.07, 6.45) is 1.89. The maximum absolute atomic E-state index is 13.3. The number of hydrogen-bond acceptors (Lipinski definition) is 5. The molecule has 1 aromatic heterocycles. The second-order valence-corrected chi connectivity index (χ2v) is 12.9. The van der Waals surface area contributed by atoms with E-state index in [9.17, 15) is 22.8 Å². The lowest BCUT2D eigenvalue weighted by Crippen LogP contribution is -2.56. The second kappa shape index (κ2) is 10.1. The number of piperidine rings is 2. The van der Waals surface area contributed by atoms with Crippen LogP contribution in [-0.4, -0.2) is 66.8 Å². The summed E-state index contributed by atoms with van der Waals surface area (Å²) in [6, 6.07) is 14.3. The van der Waals surface area contributed by atoms with Crippen LogP contribution in [0.5, 0.6) is 0 Å². The molecule has 204 valence electrons. The minimum atomic E-state index is -3.96. The van der Waals surface area contributed by atoms with Crippen molar-refractivity contribution in [1.82, 2.24) is 19.1 Å². The van der Waals surface area contributed by atoms with E-state index in [0.29, 0.717) is 44.0 Å². The first-order chi connectivity index (χ1) is 18.7. The van der Waals surface area contributed by atoms with E-state index in [1.165, 1.54) is 11.0 Å². The minimum Gasteiger partial charge on any atom is -0.340 e. The smallest absolute Gasteiger partial charge is 0.250 e. The standard InChI is InChI=1S/C28H29ClN4O5S/c29-22-8-6-20-13-23(9-7-19(20)12-22)39(37,38)30-24-3-2-10-31(28(24)36)17-27(35)32-14-18-11-21(16-32)25-4-1-5-26(34)33(25)15-18/h1,4-9,12-13,18,21,24,30H,2-3,10-11,14-17H2/t18-,21-,24-/m0/s1. The molecular formula is C28H29ClN4O5S. The first-order valence-electron chi connectivity index (χ1n) is 13.2. The minimum absolute atomic E-state index is 0.0116. The van der Waals surface area contributed by atoms with E-state index < -0.39 is 16.1 Å². The highest BCUT2D eigenvalue weighted by Gasteiger charge is 2.38. The van der Waals surface area contributed by atoms with E-state index in [0.717, 1.165) is 22.9 Å². The Bertz CT molecular complexity index is 1640. The number of carbonyl (C=O) groups excluding carboxylic acids is 2. The number of sulfonamides is 1. The van der Waals surface area contributed by atoms with Crippen LogP contribution in [0.1, 0.15) is 30.9 Å². The summed E-state index contributed by atoms with van der Waals surface area (Å²) in [5.74, 6) is -0.263. The van der Waals surface area contributed by atoms with E-state index in [4.69, 9.17) is 11.6 Å². The molecule has 2 fully saturated rings. The van der Waals surface area contributed by atoms with Gasteiger partial charge in [0.05, 0.1) is 11.4 Å². The van der Waals surface area contributed by atoms with Gasteiger partial charge in [-0.05, 0) is 66.3 Å². The highest BCUT2D eigenvalue weighted by atomic mass is 35.5. The predicted molar refractivity (Wildman–Crippen MR) is 147 cm³/mol. The van der Waals surface area contributed by atoms with Crippen molar-refractivity contribution < 1.29 is 18.0 Å². The number of pyridine rings is 1. The molecule has 2 amide bonds. The quantitative estimate of drug-likeness (QED) is 0.509. The van der Waals surface area contributed by atoms with Gasteiger partial charge >= 0.3 is 0 Å². The lowest BCUT2D eigenvalue weighted by Gasteiger charge is -2.43. The summed E-state index contributed by atoms with van der Waals surface area (Å²) in [4.78, 5) is 42.2.